The van der Waals surface area contributed by atoms with Gasteiger partial charge >= 0.3 is 11.9 Å². The van der Waals surface area contributed by atoms with Crippen molar-refractivity contribution in [1.82, 2.24) is 0 Å². The Morgan fingerprint density at radius 1 is 1.09 bits per heavy atom. The third kappa shape index (κ3) is 7.65. The molecule has 7 nitrogen and oxygen atoms in total. The minimum atomic E-state index is -0.739. The lowest BCUT2D eigenvalue weighted by atomic mass is 10.0. The molecule has 0 amide bonds. The average molecular weight is 516 g/mol. The molecule has 2 aromatic rings. The van der Waals surface area contributed by atoms with Gasteiger partial charge in [-0.1, -0.05) is 26.0 Å². The fraction of sp³-hybridized carbons (Fsp3) is 0.320. The summed E-state index contributed by atoms with van der Waals surface area (Å²) in [6, 6.07) is 12.5. The molecule has 8 heteroatoms. The van der Waals surface area contributed by atoms with Crippen LogP contribution in [0, 0.1) is 11.3 Å². The first-order valence-electron chi connectivity index (χ1n) is 10.3. The van der Waals surface area contributed by atoms with E-state index < -0.39 is 11.9 Å². The first kappa shape index (κ1) is 25.9. The number of nitriles is 1. The smallest absolute Gasteiger partial charge is 0.348 e. The van der Waals surface area contributed by atoms with E-state index in [1.54, 1.807) is 24.3 Å². The van der Waals surface area contributed by atoms with Crippen molar-refractivity contribution in [2.45, 2.75) is 32.6 Å². The summed E-state index contributed by atoms with van der Waals surface area (Å²) in [4.78, 5) is 23.8. The molecule has 0 heterocycles. The van der Waals surface area contributed by atoms with Gasteiger partial charge in [-0.05, 0) is 69.7 Å². The predicted octanol–water partition coefficient (Wildman–Crippen LogP) is 5.43. The summed E-state index contributed by atoms with van der Waals surface area (Å²) >= 11 is 3.52. The molecule has 0 saturated heterocycles. The zero-order valence-corrected chi connectivity index (χ0v) is 20.6. The van der Waals surface area contributed by atoms with Gasteiger partial charge in [-0.2, -0.15) is 5.26 Å². The van der Waals surface area contributed by atoms with E-state index in [1.807, 2.05) is 18.2 Å². The van der Waals surface area contributed by atoms with Crippen molar-refractivity contribution in [2.24, 2.45) is 0 Å². The number of nitrogens with zero attached hydrogens (tertiary/aromatic N) is 1. The van der Waals surface area contributed by atoms with Gasteiger partial charge in [0.05, 0.1) is 25.3 Å². The minimum absolute atomic E-state index is 0.158. The van der Waals surface area contributed by atoms with Crippen LogP contribution in [0.15, 0.2) is 46.4 Å². The van der Waals surface area contributed by atoms with E-state index in [4.69, 9.17) is 19.5 Å². The fourth-order valence-corrected chi connectivity index (χ4v) is 3.35. The number of halogens is 1. The van der Waals surface area contributed by atoms with Gasteiger partial charge in [0.15, 0.2) is 11.5 Å². The largest absolute Gasteiger partial charge is 0.493 e. The summed E-state index contributed by atoms with van der Waals surface area (Å²) in [5.74, 6) is 0.517. The second kappa shape index (κ2) is 12.7. The van der Waals surface area contributed by atoms with E-state index in [0.29, 0.717) is 30.3 Å². The third-order valence-corrected chi connectivity index (χ3v) is 5.27. The summed E-state index contributed by atoms with van der Waals surface area (Å²) in [6.07, 6.45) is 2.00. The Balaban J connectivity index is 1.93. The number of carbonyl (C=O) groups is 2. The molecule has 0 aromatic heterocycles. The van der Waals surface area contributed by atoms with Gasteiger partial charge in [0, 0.05) is 6.42 Å². The number of hydrogen-bond acceptors (Lipinski definition) is 7. The normalized spacial score (nSPS) is 11.0. The van der Waals surface area contributed by atoms with Crippen molar-refractivity contribution in [3.8, 4) is 23.3 Å². The van der Waals surface area contributed by atoms with E-state index in [1.165, 1.54) is 25.9 Å². The first-order chi connectivity index (χ1) is 15.8. The molecule has 0 unspecified atom stereocenters. The van der Waals surface area contributed by atoms with Crippen LogP contribution in [0.2, 0.25) is 0 Å². The molecule has 0 bridgehead atoms. The van der Waals surface area contributed by atoms with Crippen molar-refractivity contribution in [1.29, 1.82) is 5.26 Å². The average Bonchev–Trinajstić information content (AvgIpc) is 2.81. The maximum atomic E-state index is 12.3. The van der Waals surface area contributed by atoms with Gasteiger partial charge < -0.3 is 18.9 Å². The number of hydrogen-bond donors (Lipinski definition) is 0. The molecule has 0 atom stereocenters. The summed E-state index contributed by atoms with van der Waals surface area (Å²) in [5, 5.41) is 9.08. The number of esters is 2. The van der Waals surface area contributed by atoms with Gasteiger partial charge in [-0.3, -0.25) is 4.79 Å². The van der Waals surface area contributed by atoms with Gasteiger partial charge in [-0.15, -0.1) is 0 Å². The van der Waals surface area contributed by atoms with Crippen LogP contribution < -0.4 is 14.2 Å². The molecule has 0 aliphatic carbocycles. The van der Waals surface area contributed by atoms with Gasteiger partial charge in [0.25, 0.3) is 0 Å². The lowest BCUT2D eigenvalue weighted by Gasteiger charge is -2.12. The molecule has 0 spiro atoms. The Morgan fingerprint density at radius 3 is 2.42 bits per heavy atom. The highest BCUT2D eigenvalue weighted by atomic mass is 79.9. The van der Waals surface area contributed by atoms with E-state index in [9.17, 15) is 9.59 Å². The fourth-order valence-electron chi connectivity index (χ4n) is 2.84. The summed E-state index contributed by atoms with van der Waals surface area (Å²) in [6.45, 7) is 4.61. The second-order valence-electron chi connectivity index (χ2n) is 7.34. The first-order valence-corrected chi connectivity index (χ1v) is 11.1. The highest BCUT2D eigenvalue weighted by Crippen LogP contribution is 2.30. The molecule has 0 aliphatic rings. The molecule has 0 fully saturated rings. The number of ether oxygens (including phenoxy) is 4. The molecule has 0 N–H and O–H groups in total. The summed E-state index contributed by atoms with van der Waals surface area (Å²) in [7, 11) is 2.63. The Bertz CT molecular complexity index is 1070. The zero-order valence-electron chi connectivity index (χ0n) is 19.0. The number of carbonyl (C=O) groups excluding carboxylic acids is 2. The SMILES string of the molecule is COC(=O)/C(C#N)=C/c1ccc(OC(=O)CCCOc2ccc(C(C)C)cc2Br)c(OC)c1. The molecule has 2 aromatic carbocycles. The van der Waals surface area contributed by atoms with Crippen molar-refractivity contribution < 1.29 is 28.5 Å². The minimum Gasteiger partial charge on any atom is -0.493 e. The molecular formula is C25H26BrNO6. The van der Waals surface area contributed by atoms with Crippen molar-refractivity contribution in [3.63, 3.8) is 0 Å². The Morgan fingerprint density at radius 2 is 1.82 bits per heavy atom. The van der Waals surface area contributed by atoms with E-state index in [2.05, 4.69) is 34.5 Å². The number of rotatable bonds is 10. The van der Waals surface area contributed by atoms with Crippen LogP contribution in [0.5, 0.6) is 17.2 Å². The zero-order chi connectivity index (χ0) is 24.4. The van der Waals surface area contributed by atoms with Crippen LogP contribution in [0.3, 0.4) is 0 Å². The molecular weight excluding hydrogens is 490 g/mol. The third-order valence-electron chi connectivity index (χ3n) is 4.65. The van der Waals surface area contributed by atoms with Crippen LogP contribution in [0.4, 0.5) is 0 Å². The number of methoxy groups -OCH3 is 2. The van der Waals surface area contributed by atoms with E-state index in [-0.39, 0.29) is 17.7 Å². The van der Waals surface area contributed by atoms with Crippen LogP contribution in [-0.2, 0) is 14.3 Å². The van der Waals surface area contributed by atoms with Gasteiger partial charge in [-0.25, -0.2) is 4.79 Å². The van der Waals surface area contributed by atoms with Crippen molar-refractivity contribution in [3.05, 3.63) is 57.6 Å². The van der Waals surface area contributed by atoms with Gasteiger partial charge in [0.1, 0.15) is 17.4 Å². The molecule has 2 rings (SSSR count). The van der Waals surface area contributed by atoms with Crippen LogP contribution in [0.25, 0.3) is 6.08 Å². The maximum Gasteiger partial charge on any atom is 0.348 e. The topological polar surface area (TPSA) is 94.9 Å². The number of benzene rings is 2. The molecule has 0 saturated carbocycles. The Labute approximate surface area is 202 Å². The van der Waals surface area contributed by atoms with Crippen LogP contribution in [-0.4, -0.2) is 32.8 Å². The molecule has 0 aliphatic heterocycles. The van der Waals surface area contributed by atoms with Gasteiger partial charge in [0.2, 0.25) is 0 Å². The highest BCUT2D eigenvalue weighted by molar-refractivity contribution is 9.10. The molecule has 0 radical (unpaired) electrons. The van der Waals surface area contributed by atoms with Crippen LogP contribution in [0.1, 0.15) is 43.7 Å². The van der Waals surface area contributed by atoms with Crippen molar-refractivity contribution in [2.75, 3.05) is 20.8 Å². The Hall–Kier alpha value is -3.31. The van der Waals surface area contributed by atoms with Crippen LogP contribution >= 0.6 is 15.9 Å². The quantitative estimate of drug-likeness (QED) is 0.137. The predicted molar refractivity (Wildman–Crippen MR) is 127 cm³/mol. The van der Waals surface area contributed by atoms with Crippen molar-refractivity contribution >= 4 is 33.9 Å². The van der Waals surface area contributed by atoms with E-state index >= 15 is 0 Å². The highest BCUT2D eigenvalue weighted by Gasteiger charge is 2.13. The maximum absolute atomic E-state index is 12.3. The monoisotopic (exact) mass is 515 g/mol. The standard InChI is InChI=1S/C25H26BrNO6/c1-16(2)18-8-10-21(20(26)14-18)32-11-5-6-24(28)33-22-9-7-17(13-23(22)30-3)12-19(15-27)25(29)31-4/h7-10,12-14,16H,5-6,11H2,1-4H3/b19-12+. The van der Waals surface area contributed by atoms with E-state index in [0.717, 1.165) is 10.2 Å². The molecule has 33 heavy (non-hydrogen) atoms. The Kier molecular flexibility index (Phi) is 9.95. The molecule has 174 valence electrons. The lowest BCUT2D eigenvalue weighted by molar-refractivity contribution is -0.136. The summed E-state index contributed by atoms with van der Waals surface area (Å²) < 4.78 is 21.9. The summed E-state index contributed by atoms with van der Waals surface area (Å²) in [5.41, 5.74) is 1.58. The lowest BCUT2D eigenvalue weighted by Crippen LogP contribution is -2.10. The second-order valence-corrected chi connectivity index (χ2v) is 8.20.